The number of benzene rings is 1. The van der Waals surface area contributed by atoms with Gasteiger partial charge in [0, 0.05) is 16.9 Å². The molecule has 1 aromatic carbocycles. The molecule has 21 heavy (non-hydrogen) atoms. The Balaban J connectivity index is 1.95. The monoisotopic (exact) mass is 366 g/mol. The molecule has 3 aromatic rings. The summed E-state index contributed by atoms with van der Waals surface area (Å²) in [6, 6.07) is 4.38. The van der Waals surface area contributed by atoms with Crippen LogP contribution >= 0.6 is 27.3 Å². The molecule has 3 N–H and O–H groups in total. The smallest absolute Gasteiger partial charge is 0.268 e. The predicted molar refractivity (Wildman–Crippen MR) is 83.9 cm³/mol. The van der Waals surface area contributed by atoms with Crippen molar-refractivity contribution in [3.8, 4) is 0 Å². The van der Waals surface area contributed by atoms with Crippen LogP contribution in [0.25, 0.3) is 10.3 Å². The highest BCUT2D eigenvalue weighted by molar-refractivity contribution is 9.10. The maximum Gasteiger partial charge on any atom is 0.268 e. The van der Waals surface area contributed by atoms with Gasteiger partial charge in [0.1, 0.15) is 21.0 Å². The SMILES string of the molecule is Nc1c(C(=O)Nc2ccc(Br)cc2F)sc2nccnc12. The summed E-state index contributed by atoms with van der Waals surface area (Å²) < 4.78 is 14.3. The lowest BCUT2D eigenvalue weighted by Gasteiger charge is -2.05. The topological polar surface area (TPSA) is 80.9 Å². The van der Waals surface area contributed by atoms with Crippen LogP contribution in [0.2, 0.25) is 0 Å². The van der Waals surface area contributed by atoms with Crippen molar-refractivity contribution in [3.63, 3.8) is 0 Å². The molecule has 3 rings (SSSR count). The van der Waals surface area contributed by atoms with Crippen LogP contribution in [-0.2, 0) is 0 Å². The van der Waals surface area contributed by atoms with Gasteiger partial charge < -0.3 is 11.1 Å². The molecule has 0 aliphatic heterocycles. The number of nitrogens with one attached hydrogen (secondary N) is 1. The molecule has 0 saturated heterocycles. The zero-order valence-electron chi connectivity index (χ0n) is 10.4. The average Bonchev–Trinajstić information content (AvgIpc) is 2.80. The summed E-state index contributed by atoms with van der Waals surface area (Å²) in [6.45, 7) is 0. The third-order valence-electron chi connectivity index (χ3n) is 2.75. The van der Waals surface area contributed by atoms with Crippen molar-refractivity contribution >= 4 is 54.9 Å². The molecule has 5 nitrogen and oxygen atoms in total. The van der Waals surface area contributed by atoms with Gasteiger partial charge in [0.2, 0.25) is 0 Å². The summed E-state index contributed by atoms with van der Waals surface area (Å²) in [5.41, 5.74) is 6.71. The van der Waals surface area contributed by atoms with E-state index in [1.165, 1.54) is 24.5 Å². The van der Waals surface area contributed by atoms with E-state index in [9.17, 15) is 9.18 Å². The fourth-order valence-corrected chi connectivity index (χ4v) is 3.03. The number of hydrogen-bond donors (Lipinski definition) is 2. The van der Waals surface area contributed by atoms with E-state index in [1.54, 1.807) is 6.07 Å². The number of halogens is 2. The van der Waals surface area contributed by atoms with Crippen molar-refractivity contribution in [3.05, 3.63) is 45.8 Å². The maximum absolute atomic E-state index is 13.7. The van der Waals surface area contributed by atoms with Crippen LogP contribution < -0.4 is 11.1 Å². The van der Waals surface area contributed by atoms with E-state index in [1.807, 2.05) is 0 Å². The molecule has 106 valence electrons. The number of carbonyl (C=O) groups excluding carboxylic acids is 1. The van der Waals surface area contributed by atoms with Gasteiger partial charge in [0.25, 0.3) is 5.91 Å². The Labute approximate surface area is 131 Å². The van der Waals surface area contributed by atoms with Gasteiger partial charge in [-0.2, -0.15) is 0 Å². The molecular formula is C13H8BrFN4OS. The molecule has 8 heteroatoms. The van der Waals surface area contributed by atoms with Crippen LogP contribution in [0.3, 0.4) is 0 Å². The molecule has 0 aliphatic carbocycles. The van der Waals surface area contributed by atoms with Gasteiger partial charge in [-0.15, -0.1) is 11.3 Å². The van der Waals surface area contributed by atoms with Crippen molar-refractivity contribution in [1.82, 2.24) is 9.97 Å². The molecule has 2 aromatic heterocycles. The lowest BCUT2D eigenvalue weighted by atomic mass is 10.3. The number of thiophene rings is 1. The van der Waals surface area contributed by atoms with Gasteiger partial charge in [-0.05, 0) is 18.2 Å². The zero-order valence-corrected chi connectivity index (χ0v) is 12.8. The molecule has 0 aliphatic rings. The Morgan fingerprint density at radius 3 is 2.81 bits per heavy atom. The largest absolute Gasteiger partial charge is 0.396 e. The molecular weight excluding hydrogens is 359 g/mol. The molecule has 0 saturated carbocycles. The predicted octanol–water partition coefficient (Wildman–Crippen LogP) is 3.43. The van der Waals surface area contributed by atoms with Gasteiger partial charge in [-0.25, -0.2) is 14.4 Å². The molecule has 0 bridgehead atoms. The van der Waals surface area contributed by atoms with Crippen LogP contribution in [0.15, 0.2) is 35.1 Å². The lowest BCUT2D eigenvalue weighted by molar-refractivity contribution is 0.103. The highest BCUT2D eigenvalue weighted by atomic mass is 79.9. The first kappa shape index (κ1) is 13.9. The van der Waals surface area contributed by atoms with Gasteiger partial charge in [-0.1, -0.05) is 15.9 Å². The number of carbonyl (C=O) groups is 1. The Morgan fingerprint density at radius 1 is 1.33 bits per heavy atom. The Bertz CT molecular complexity index is 851. The number of aromatic nitrogens is 2. The van der Waals surface area contributed by atoms with Crippen LogP contribution in [0.4, 0.5) is 15.8 Å². The minimum Gasteiger partial charge on any atom is -0.396 e. The fraction of sp³-hybridized carbons (Fsp3) is 0. The van der Waals surface area contributed by atoms with Gasteiger partial charge in [0.15, 0.2) is 0 Å². The van der Waals surface area contributed by atoms with Crippen LogP contribution in [0, 0.1) is 5.82 Å². The van der Waals surface area contributed by atoms with Gasteiger partial charge in [0.05, 0.1) is 11.4 Å². The summed E-state index contributed by atoms with van der Waals surface area (Å²) in [7, 11) is 0. The number of hydrogen-bond acceptors (Lipinski definition) is 5. The van der Waals surface area contributed by atoms with Crippen LogP contribution in [0.1, 0.15) is 9.67 Å². The Kier molecular flexibility index (Phi) is 3.56. The van der Waals surface area contributed by atoms with Gasteiger partial charge >= 0.3 is 0 Å². The quantitative estimate of drug-likeness (QED) is 0.727. The number of nitrogen functional groups attached to an aromatic ring is 1. The molecule has 0 atom stereocenters. The Hall–Kier alpha value is -2.06. The minimum absolute atomic E-state index is 0.0842. The number of anilines is 2. The second-order valence-corrected chi connectivity index (χ2v) is 6.05. The summed E-state index contributed by atoms with van der Waals surface area (Å²) in [5.74, 6) is -1.02. The molecule has 2 heterocycles. The van der Waals surface area contributed by atoms with E-state index < -0.39 is 11.7 Å². The van der Waals surface area contributed by atoms with E-state index >= 15 is 0 Å². The van der Waals surface area contributed by atoms with E-state index in [4.69, 9.17) is 5.73 Å². The van der Waals surface area contributed by atoms with Crippen molar-refractivity contribution in [2.24, 2.45) is 0 Å². The zero-order chi connectivity index (χ0) is 15.0. The van der Waals surface area contributed by atoms with Crippen molar-refractivity contribution in [1.29, 1.82) is 0 Å². The number of nitrogens with two attached hydrogens (primary N) is 1. The highest BCUT2D eigenvalue weighted by Gasteiger charge is 2.19. The van der Waals surface area contributed by atoms with Crippen molar-refractivity contribution in [2.75, 3.05) is 11.1 Å². The van der Waals surface area contributed by atoms with Crippen molar-refractivity contribution < 1.29 is 9.18 Å². The third-order valence-corrected chi connectivity index (χ3v) is 4.34. The summed E-state index contributed by atoms with van der Waals surface area (Å²) >= 11 is 4.27. The molecule has 0 fully saturated rings. The molecule has 0 unspecified atom stereocenters. The number of nitrogens with zero attached hydrogens (tertiary/aromatic N) is 2. The van der Waals surface area contributed by atoms with Crippen LogP contribution in [0.5, 0.6) is 0 Å². The van der Waals surface area contributed by atoms with E-state index in [0.29, 0.717) is 14.8 Å². The normalized spacial score (nSPS) is 10.8. The third kappa shape index (κ3) is 2.59. The second-order valence-electron chi connectivity index (χ2n) is 4.13. The molecule has 0 spiro atoms. The van der Waals surface area contributed by atoms with Crippen LogP contribution in [-0.4, -0.2) is 15.9 Å². The summed E-state index contributed by atoms with van der Waals surface area (Å²) in [4.78, 5) is 21.2. The molecule has 1 amide bonds. The molecule has 0 radical (unpaired) electrons. The first-order valence-corrected chi connectivity index (χ1v) is 7.42. The summed E-state index contributed by atoms with van der Waals surface area (Å²) in [6.07, 6.45) is 3.02. The number of fused-ring (bicyclic) bond motifs is 1. The first-order valence-electron chi connectivity index (χ1n) is 5.81. The van der Waals surface area contributed by atoms with Crippen molar-refractivity contribution in [2.45, 2.75) is 0 Å². The number of amides is 1. The second kappa shape index (κ2) is 5.38. The first-order chi connectivity index (χ1) is 10.1. The maximum atomic E-state index is 13.7. The van der Waals surface area contributed by atoms with E-state index in [-0.39, 0.29) is 16.3 Å². The highest BCUT2D eigenvalue weighted by Crippen LogP contribution is 2.31. The van der Waals surface area contributed by atoms with E-state index in [0.717, 1.165) is 11.3 Å². The fourth-order valence-electron chi connectivity index (χ4n) is 1.78. The summed E-state index contributed by atoms with van der Waals surface area (Å²) in [5, 5.41) is 2.50. The lowest BCUT2D eigenvalue weighted by Crippen LogP contribution is -2.13. The average molecular weight is 367 g/mol. The van der Waals surface area contributed by atoms with Gasteiger partial charge in [-0.3, -0.25) is 4.79 Å². The Morgan fingerprint density at radius 2 is 2.10 bits per heavy atom. The minimum atomic E-state index is -0.534. The standard InChI is InChI=1S/C13H8BrFN4OS/c14-6-1-2-8(7(15)5-6)19-12(20)11-9(16)10-13(21-11)18-4-3-17-10/h1-5H,16H2,(H,19,20). The number of rotatable bonds is 2. The van der Waals surface area contributed by atoms with E-state index in [2.05, 4.69) is 31.2 Å².